The maximum atomic E-state index is 12.5. The third kappa shape index (κ3) is 6.94. The Bertz CT molecular complexity index is 841. The minimum Gasteiger partial charge on any atom is -0.339 e. The molecule has 0 heterocycles. The van der Waals surface area contributed by atoms with Gasteiger partial charge in [0.05, 0.1) is 0 Å². The fourth-order valence-electron chi connectivity index (χ4n) is 2.26. The number of hydrogen-bond acceptors (Lipinski definition) is 2. The minimum atomic E-state index is -1.81. The van der Waals surface area contributed by atoms with Gasteiger partial charge < -0.3 is 16.0 Å². The Balaban J connectivity index is 2.08. The Morgan fingerprint density at radius 1 is 1.07 bits per heavy atom. The van der Waals surface area contributed by atoms with Crippen LogP contribution >= 0.6 is 69.6 Å². The molecule has 0 aliphatic carbocycles. The van der Waals surface area contributed by atoms with Crippen LogP contribution in [0.15, 0.2) is 42.5 Å². The lowest BCUT2D eigenvalue weighted by Crippen LogP contribution is -2.56. The summed E-state index contributed by atoms with van der Waals surface area (Å²) in [5, 5.41) is 8.78. The van der Waals surface area contributed by atoms with E-state index in [9.17, 15) is 4.79 Å². The highest BCUT2D eigenvalue weighted by atomic mass is 127. The molecule has 4 nitrogen and oxygen atoms in total. The summed E-state index contributed by atoms with van der Waals surface area (Å²) in [6, 6.07) is 12.9. The van der Waals surface area contributed by atoms with Crippen molar-refractivity contribution in [2.24, 2.45) is 0 Å². The first kappa shape index (κ1) is 22.5. The van der Waals surface area contributed by atoms with Crippen molar-refractivity contribution in [1.82, 2.24) is 10.6 Å². The van der Waals surface area contributed by atoms with Gasteiger partial charge >= 0.3 is 0 Å². The lowest BCUT2D eigenvalue weighted by Gasteiger charge is -2.28. The van der Waals surface area contributed by atoms with Crippen LogP contribution in [0.4, 0.5) is 5.69 Å². The van der Waals surface area contributed by atoms with Gasteiger partial charge in [0.15, 0.2) is 5.11 Å². The van der Waals surface area contributed by atoms with Gasteiger partial charge in [0.2, 0.25) is 3.79 Å². The van der Waals surface area contributed by atoms with Crippen molar-refractivity contribution in [3.63, 3.8) is 0 Å². The molecule has 0 fully saturated rings. The van der Waals surface area contributed by atoms with E-state index in [2.05, 4.69) is 38.5 Å². The summed E-state index contributed by atoms with van der Waals surface area (Å²) < 4.78 is -0.800. The highest BCUT2D eigenvalue weighted by Gasteiger charge is 2.34. The average Bonchev–Trinajstić information content (AvgIpc) is 2.56. The van der Waals surface area contributed by atoms with Gasteiger partial charge in [-0.1, -0.05) is 52.5 Å². The van der Waals surface area contributed by atoms with Crippen LogP contribution in [0.2, 0.25) is 0 Å². The SMILES string of the molecule is Cc1ccc(NC(=S)N[C@H](NC(=O)c2ccc(I)cc2)C(Cl)(Cl)Cl)c(C)c1. The summed E-state index contributed by atoms with van der Waals surface area (Å²) in [6.45, 7) is 3.97. The quantitative estimate of drug-likeness (QED) is 0.207. The molecule has 144 valence electrons. The molecule has 0 aliphatic rings. The van der Waals surface area contributed by atoms with Crippen molar-refractivity contribution in [1.29, 1.82) is 0 Å². The molecule has 0 spiro atoms. The number of aryl methyl sites for hydroxylation is 2. The van der Waals surface area contributed by atoms with E-state index in [4.69, 9.17) is 47.0 Å². The van der Waals surface area contributed by atoms with Crippen LogP contribution in [0.25, 0.3) is 0 Å². The maximum absolute atomic E-state index is 12.5. The third-order valence-corrected chi connectivity index (χ3v) is 5.21. The first-order valence-corrected chi connectivity index (χ1v) is 10.5. The number of thiocarbonyl (C=S) groups is 1. The smallest absolute Gasteiger partial charge is 0.252 e. The van der Waals surface area contributed by atoms with Crippen molar-refractivity contribution >= 4 is 86.3 Å². The third-order valence-electron chi connectivity index (χ3n) is 3.61. The fourth-order valence-corrected chi connectivity index (χ4v) is 3.17. The van der Waals surface area contributed by atoms with E-state index in [1.54, 1.807) is 12.1 Å². The predicted octanol–water partition coefficient (Wildman–Crippen LogP) is 5.32. The second kappa shape index (κ2) is 9.60. The molecule has 2 rings (SSSR count). The van der Waals surface area contributed by atoms with E-state index in [0.29, 0.717) is 5.56 Å². The van der Waals surface area contributed by atoms with Crippen molar-refractivity contribution in [2.75, 3.05) is 5.32 Å². The summed E-state index contributed by atoms with van der Waals surface area (Å²) in [5.41, 5.74) is 3.43. The molecule has 2 aromatic carbocycles. The highest BCUT2D eigenvalue weighted by molar-refractivity contribution is 14.1. The molecular weight excluding hydrogens is 540 g/mol. The van der Waals surface area contributed by atoms with Gasteiger partial charge in [-0.25, -0.2) is 0 Å². The van der Waals surface area contributed by atoms with Crippen molar-refractivity contribution in [3.8, 4) is 0 Å². The number of anilines is 1. The van der Waals surface area contributed by atoms with Gasteiger partial charge in [-0.2, -0.15) is 0 Å². The van der Waals surface area contributed by atoms with Gasteiger partial charge in [-0.15, -0.1) is 0 Å². The summed E-state index contributed by atoms with van der Waals surface area (Å²) in [5.74, 6) is -0.385. The summed E-state index contributed by atoms with van der Waals surface area (Å²) in [6.07, 6.45) is -1.03. The van der Waals surface area contributed by atoms with Gasteiger partial charge in [0.25, 0.3) is 5.91 Å². The van der Waals surface area contributed by atoms with E-state index in [1.807, 2.05) is 44.2 Å². The second-order valence-electron chi connectivity index (χ2n) is 5.87. The average molecular weight is 557 g/mol. The summed E-state index contributed by atoms with van der Waals surface area (Å²) >= 11 is 25.5. The van der Waals surface area contributed by atoms with Crippen LogP contribution in [0.1, 0.15) is 21.5 Å². The molecule has 0 radical (unpaired) electrons. The zero-order valence-electron chi connectivity index (χ0n) is 14.4. The van der Waals surface area contributed by atoms with Gasteiger partial charge in [-0.3, -0.25) is 4.79 Å². The van der Waals surface area contributed by atoms with Gasteiger partial charge in [-0.05, 0) is 84.6 Å². The van der Waals surface area contributed by atoms with Gasteiger partial charge in [0, 0.05) is 14.8 Å². The molecule has 0 saturated carbocycles. The number of hydrogen-bond donors (Lipinski definition) is 3. The molecule has 1 atom stereocenters. The van der Waals surface area contributed by atoms with Crippen LogP contribution in [-0.4, -0.2) is 21.0 Å². The number of amides is 1. The zero-order chi connectivity index (χ0) is 20.2. The molecule has 9 heteroatoms. The Morgan fingerprint density at radius 3 is 2.26 bits per heavy atom. The fraction of sp³-hybridized carbons (Fsp3) is 0.222. The highest BCUT2D eigenvalue weighted by Crippen LogP contribution is 2.29. The van der Waals surface area contributed by atoms with Crippen LogP contribution in [0.3, 0.4) is 0 Å². The number of carbonyl (C=O) groups excluding carboxylic acids is 1. The van der Waals surface area contributed by atoms with E-state index in [1.165, 1.54) is 0 Å². The van der Waals surface area contributed by atoms with Crippen LogP contribution in [0, 0.1) is 17.4 Å². The van der Waals surface area contributed by atoms with Crippen LogP contribution in [-0.2, 0) is 0 Å². The molecular formula is C18H17Cl3IN3OS. The van der Waals surface area contributed by atoms with Crippen LogP contribution < -0.4 is 16.0 Å². The summed E-state index contributed by atoms with van der Waals surface area (Å²) in [4.78, 5) is 12.5. The van der Waals surface area contributed by atoms with Crippen molar-refractivity contribution < 1.29 is 4.79 Å². The monoisotopic (exact) mass is 555 g/mol. The van der Waals surface area contributed by atoms with E-state index in [0.717, 1.165) is 20.4 Å². The Kier molecular flexibility index (Phi) is 8.00. The molecule has 0 bridgehead atoms. The number of rotatable bonds is 4. The molecule has 1 amide bonds. The number of nitrogens with one attached hydrogen (secondary N) is 3. The standard InChI is InChI=1S/C18H17Cl3IN3OS/c1-10-3-8-14(11(2)9-10)23-17(27)25-16(18(19,20)21)24-15(26)12-4-6-13(22)7-5-12/h3-9,16H,1-2H3,(H,24,26)(H2,23,25,27)/t16-/m0/s1. The zero-order valence-corrected chi connectivity index (χ0v) is 19.7. The molecule has 0 saturated heterocycles. The summed E-state index contributed by atoms with van der Waals surface area (Å²) in [7, 11) is 0. The van der Waals surface area contributed by atoms with E-state index >= 15 is 0 Å². The van der Waals surface area contributed by atoms with E-state index < -0.39 is 9.96 Å². The Hall–Kier alpha value is -0.800. The maximum Gasteiger partial charge on any atom is 0.252 e. The van der Waals surface area contributed by atoms with Crippen molar-refractivity contribution in [2.45, 2.75) is 23.8 Å². The second-order valence-corrected chi connectivity index (χ2v) is 9.89. The number of carbonyl (C=O) groups is 1. The number of halogens is 4. The largest absolute Gasteiger partial charge is 0.339 e. The molecule has 0 unspecified atom stereocenters. The first-order valence-electron chi connectivity index (χ1n) is 7.84. The molecule has 3 N–H and O–H groups in total. The Morgan fingerprint density at radius 2 is 1.70 bits per heavy atom. The van der Waals surface area contributed by atoms with Gasteiger partial charge in [0.1, 0.15) is 6.17 Å². The molecule has 0 aromatic heterocycles. The molecule has 0 aliphatic heterocycles. The molecule has 27 heavy (non-hydrogen) atoms. The normalized spacial score (nSPS) is 12.2. The number of alkyl halides is 3. The van der Waals surface area contributed by atoms with E-state index in [-0.39, 0.29) is 11.0 Å². The minimum absolute atomic E-state index is 0.223. The van der Waals surface area contributed by atoms with Crippen molar-refractivity contribution in [3.05, 3.63) is 62.7 Å². The lowest BCUT2D eigenvalue weighted by atomic mass is 10.1. The lowest BCUT2D eigenvalue weighted by molar-refractivity contribution is 0.0934. The van der Waals surface area contributed by atoms with Crippen LogP contribution in [0.5, 0.6) is 0 Å². The first-order chi connectivity index (χ1) is 12.6. The predicted molar refractivity (Wildman–Crippen MR) is 126 cm³/mol. The Labute approximate surface area is 192 Å². The topological polar surface area (TPSA) is 53.2 Å². The number of benzene rings is 2. The molecule has 2 aromatic rings.